The lowest BCUT2D eigenvalue weighted by atomic mass is 10.2. The van der Waals surface area contributed by atoms with Gasteiger partial charge in [-0.3, -0.25) is 5.32 Å². The Morgan fingerprint density at radius 3 is 2.54 bits per heavy atom. The second kappa shape index (κ2) is 7.74. The number of aromatic nitrogens is 1. The van der Waals surface area contributed by atoms with Gasteiger partial charge in [-0.15, -0.1) is 0 Å². The molecule has 1 aliphatic heterocycles. The van der Waals surface area contributed by atoms with E-state index < -0.39 is 9.84 Å². The molecule has 1 fully saturated rings. The Morgan fingerprint density at radius 1 is 1.19 bits per heavy atom. The number of sulfone groups is 1. The summed E-state index contributed by atoms with van der Waals surface area (Å²) in [5.41, 5.74) is 1.55. The van der Waals surface area contributed by atoms with Crippen LogP contribution in [-0.2, 0) is 9.84 Å². The van der Waals surface area contributed by atoms with Crippen molar-refractivity contribution in [2.75, 3.05) is 33.6 Å². The van der Waals surface area contributed by atoms with Gasteiger partial charge in [-0.1, -0.05) is 18.2 Å². The molecule has 26 heavy (non-hydrogen) atoms. The zero-order chi connectivity index (χ0) is 18.6. The van der Waals surface area contributed by atoms with Crippen molar-refractivity contribution in [3.8, 4) is 0 Å². The van der Waals surface area contributed by atoms with Gasteiger partial charge in [0.05, 0.1) is 23.4 Å². The summed E-state index contributed by atoms with van der Waals surface area (Å²) in [6.45, 7) is 2.69. The van der Waals surface area contributed by atoms with Crippen molar-refractivity contribution in [3.05, 3.63) is 48.7 Å². The van der Waals surface area contributed by atoms with E-state index in [4.69, 9.17) is 0 Å². The lowest BCUT2D eigenvalue weighted by Crippen LogP contribution is -2.36. The molecule has 2 heterocycles. The number of nitrogens with one attached hydrogen (secondary N) is 2. The van der Waals surface area contributed by atoms with Crippen molar-refractivity contribution in [1.29, 1.82) is 0 Å². The first kappa shape index (κ1) is 18.2. The summed E-state index contributed by atoms with van der Waals surface area (Å²) >= 11 is 0. The molecule has 1 aromatic carbocycles. The van der Waals surface area contributed by atoms with Crippen LogP contribution in [0.15, 0.2) is 48.7 Å². The normalized spacial score (nSPS) is 18.3. The molecule has 0 radical (unpaired) electrons. The van der Waals surface area contributed by atoms with Crippen molar-refractivity contribution in [1.82, 2.24) is 4.98 Å². The van der Waals surface area contributed by atoms with Crippen LogP contribution in [0, 0.1) is 0 Å². The molecule has 0 bridgehead atoms. The van der Waals surface area contributed by atoms with Gasteiger partial charge in [0, 0.05) is 18.3 Å². The molecule has 1 unspecified atom stereocenters. The summed E-state index contributed by atoms with van der Waals surface area (Å²) in [6.07, 6.45) is 2.29. The third-order valence-electron chi connectivity index (χ3n) is 4.34. The molecule has 2 N–H and O–H groups in total. The smallest absolute Gasteiger partial charge is 0.324 e. The number of rotatable bonds is 5. The van der Waals surface area contributed by atoms with Crippen molar-refractivity contribution >= 4 is 33.1 Å². The van der Waals surface area contributed by atoms with Crippen molar-refractivity contribution in [2.45, 2.75) is 19.4 Å². The number of carbonyl (C=O) groups is 1. The van der Waals surface area contributed by atoms with E-state index in [2.05, 4.69) is 15.6 Å². The van der Waals surface area contributed by atoms with E-state index in [1.165, 1.54) is 0 Å². The maximum absolute atomic E-state index is 12.0. The van der Waals surface area contributed by atoms with Gasteiger partial charge in [0.1, 0.15) is 5.82 Å². The number of anilines is 3. The van der Waals surface area contributed by atoms with Crippen LogP contribution in [0.5, 0.6) is 0 Å². The summed E-state index contributed by atoms with van der Waals surface area (Å²) in [6, 6.07) is 12.3. The number of benzene rings is 1. The minimum atomic E-state index is -2.94. The zero-order valence-corrected chi connectivity index (χ0v) is 15.4. The van der Waals surface area contributed by atoms with Gasteiger partial charge < -0.3 is 10.2 Å². The molecule has 1 atom stereocenters. The molecular formula is C18H22N4O3S. The highest BCUT2D eigenvalue weighted by Crippen LogP contribution is 2.24. The van der Waals surface area contributed by atoms with Crippen LogP contribution in [0.3, 0.4) is 0 Å². The number of hydrogen-bond acceptors (Lipinski definition) is 5. The SMILES string of the molecule is CCN(c1ccc(NC(=O)Nc2ccccc2)nc1)C1CCS(=O)(=O)C1. The predicted octanol–water partition coefficient (Wildman–Crippen LogP) is 2.74. The fourth-order valence-electron chi connectivity index (χ4n) is 3.10. The van der Waals surface area contributed by atoms with E-state index in [0.717, 1.165) is 5.69 Å². The third-order valence-corrected chi connectivity index (χ3v) is 6.09. The average molecular weight is 374 g/mol. The molecule has 138 valence electrons. The third kappa shape index (κ3) is 4.51. The number of nitrogens with zero attached hydrogens (tertiary/aromatic N) is 2. The first-order valence-electron chi connectivity index (χ1n) is 8.53. The Labute approximate surface area is 153 Å². The maximum Gasteiger partial charge on any atom is 0.324 e. The van der Waals surface area contributed by atoms with Crippen molar-refractivity contribution < 1.29 is 13.2 Å². The minimum absolute atomic E-state index is 0.0213. The molecule has 0 saturated carbocycles. The molecule has 2 amide bonds. The Bertz CT molecular complexity index is 854. The molecule has 0 spiro atoms. The van der Waals surface area contributed by atoms with E-state index in [1.54, 1.807) is 24.4 Å². The lowest BCUT2D eigenvalue weighted by Gasteiger charge is -2.28. The maximum atomic E-state index is 12.0. The van der Waals surface area contributed by atoms with Gasteiger partial charge in [0.15, 0.2) is 9.84 Å². The highest BCUT2D eigenvalue weighted by Gasteiger charge is 2.31. The van der Waals surface area contributed by atoms with Gasteiger partial charge in [-0.2, -0.15) is 0 Å². The second-order valence-corrected chi connectivity index (χ2v) is 8.42. The van der Waals surface area contributed by atoms with Crippen molar-refractivity contribution in [3.63, 3.8) is 0 Å². The number of pyridine rings is 1. The first-order valence-corrected chi connectivity index (χ1v) is 10.3. The van der Waals surface area contributed by atoms with E-state index in [0.29, 0.717) is 24.5 Å². The highest BCUT2D eigenvalue weighted by molar-refractivity contribution is 7.91. The fourth-order valence-corrected chi connectivity index (χ4v) is 4.83. The van der Waals surface area contributed by atoms with Crippen LogP contribution >= 0.6 is 0 Å². The zero-order valence-electron chi connectivity index (χ0n) is 14.6. The Morgan fingerprint density at radius 2 is 1.96 bits per heavy atom. The van der Waals surface area contributed by atoms with Crippen LogP contribution in [0.2, 0.25) is 0 Å². The molecule has 1 aliphatic rings. The summed E-state index contributed by atoms with van der Waals surface area (Å²) in [4.78, 5) is 18.3. The highest BCUT2D eigenvalue weighted by atomic mass is 32.2. The Kier molecular flexibility index (Phi) is 5.41. The predicted molar refractivity (Wildman–Crippen MR) is 103 cm³/mol. The van der Waals surface area contributed by atoms with Crippen LogP contribution in [0.1, 0.15) is 13.3 Å². The van der Waals surface area contributed by atoms with E-state index in [1.807, 2.05) is 36.1 Å². The molecule has 8 heteroatoms. The first-order chi connectivity index (χ1) is 12.5. The molecule has 1 saturated heterocycles. The van der Waals surface area contributed by atoms with Crippen LogP contribution in [0.25, 0.3) is 0 Å². The van der Waals surface area contributed by atoms with Gasteiger partial charge in [0.2, 0.25) is 0 Å². The number of para-hydroxylation sites is 1. The molecular weight excluding hydrogens is 352 g/mol. The standard InChI is InChI=1S/C18H22N4O3S/c1-2-22(16-10-11-26(24,25)13-16)15-8-9-17(19-12-15)21-18(23)20-14-6-4-3-5-7-14/h3-9,12,16H,2,10-11,13H2,1H3,(H2,19,20,21,23). The minimum Gasteiger partial charge on any atom is -0.367 e. The molecule has 2 aromatic rings. The summed E-state index contributed by atoms with van der Waals surface area (Å²) < 4.78 is 23.4. The van der Waals surface area contributed by atoms with Gasteiger partial charge in [-0.25, -0.2) is 18.2 Å². The average Bonchev–Trinajstić information content (AvgIpc) is 2.97. The van der Waals surface area contributed by atoms with Gasteiger partial charge in [0.25, 0.3) is 0 Å². The van der Waals surface area contributed by atoms with E-state index in [-0.39, 0.29) is 23.6 Å². The topological polar surface area (TPSA) is 91.4 Å². The largest absolute Gasteiger partial charge is 0.367 e. The second-order valence-electron chi connectivity index (χ2n) is 6.19. The Hall–Kier alpha value is -2.61. The quantitative estimate of drug-likeness (QED) is 0.840. The van der Waals surface area contributed by atoms with Crippen LogP contribution in [0.4, 0.5) is 22.0 Å². The monoisotopic (exact) mass is 374 g/mol. The number of amides is 2. The van der Waals surface area contributed by atoms with E-state index >= 15 is 0 Å². The van der Waals surface area contributed by atoms with Crippen LogP contribution in [-0.4, -0.2) is 43.5 Å². The summed E-state index contributed by atoms with van der Waals surface area (Å²) in [5, 5.41) is 5.41. The number of carbonyl (C=O) groups excluding carboxylic acids is 1. The number of urea groups is 1. The molecule has 3 rings (SSSR count). The fraction of sp³-hybridized carbons (Fsp3) is 0.333. The van der Waals surface area contributed by atoms with Gasteiger partial charge >= 0.3 is 6.03 Å². The summed E-state index contributed by atoms with van der Waals surface area (Å²) in [7, 11) is -2.94. The number of hydrogen-bond donors (Lipinski definition) is 2. The van der Waals surface area contributed by atoms with Crippen molar-refractivity contribution in [2.24, 2.45) is 0 Å². The lowest BCUT2D eigenvalue weighted by molar-refractivity contribution is 0.262. The molecule has 7 nitrogen and oxygen atoms in total. The molecule has 0 aliphatic carbocycles. The molecule has 1 aromatic heterocycles. The summed E-state index contributed by atoms with van der Waals surface area (Å²) in [5.74, 6) is 0.846. The van der Waals surface area contributed by atoms with Crippen LogP contribution < -0.4 is 15.5 Å². The van der Waals surface area contributed by atoms with Gasteiger partial charge in [-0.05, 0) is 37.6 Å². The van der Waals surface area contributed by atoms with E-state index in [9.17, 15) is 13.2 Å². The Balaban J connectivity index is 1.63.